The Kier molecular flexibility index (Phi) is 5.33. The maximum Gasteiger partial charge on any atom is 0.265 e. The predicted octanol–water partition coefficient (Wildman–Crippen LogP) is 5.02. The van der Waals surface area contributed by atoms with Gasteiger partial charge in [0, 0.05) is 15.7 Å². The van der Waals surface area contributed by atoms with E-state index in [1.807, 2.05) is 26.0 Å². The monoisotopic (exact) mass is 337 g/mol. The van der Waals surface area contributed by atoms with E-state index in [-0.39, 0.29) is 5.91 Å². The smallest absolute Gasteiger partial charge is 0.265 e. The molecule has 116 valence electrons. The highest BCUT2D eigenvalue weighted by molar-refractivity contribution is 6.32. The van der Waals surface area contributed by atoms with Crippen molar-refractivity contribution in [2.24, 2.45) is 0 Å². The molecule has 22 heavy (non-hydrogen) atoms. The molecule has 2 aromatic carbocycles. The van der Waals surface area contributed by atoms with Crippen LogP contribution in [0.5, 0.6) is 5.75 Å². The second-order valence-electron chi connectivity index (χ2n) is 5.13. The maximum absolute atomic E-state index is 12.2. The topological polar surface area (TPSA) is 38.3 Å². The normalized spacial score (nSPS) is 11.9. The average molecular weight is 338 g/mol. The SMILES string of the molecule is Cc1cc(O[C@H](C)C(=O)Nc2cccc(Cl)c2)cc(C)c1Cl. The molecule has 0 aliphatic heterocycles. The maximum atomic E-state index is 12.2. The van der Waals surface area contributed by atoms with E-state index in [1.54, 1.807) is 31.2 Å². The molecule has 0 aromatic heterocycles. The number of aryl methyl sites for hydroxylation is 2. The molecule has 2 aromatic rings. The van der Waals surface area contributed by atoms with E-state index in [0.29, 0.717) is 21.5 Å². The largest absolute Gasteiger partial charge is 0.481 e. The molecule has 0 bridgehead atoms. The second-order valence-corrected chi connectivity index (χ2v) is 5.95. The van der Waals surface area contributed by atoms with Crippen molar-refractivity contribution in [2.75, 3.05) is 5.32 Å². The van der Waals surface area contributed by atoms with E-state index in [0.717, 1.165) is 11.1 Å². The van der Waals surface area contributed by atoms with Crippen molar-refractivity contribution in [1.82, 2.24) is 0 Å². The molecule has 0 spiro atoms. The van der Waals surface area contributed by atoms with Gasteiger partial charge in [0.05, 0.1) is 0 Å². The summed E-state index contributed by atoms with van der Waals surface area (Å²) in [5.41, 5.74) is 2.47. The van der Waals surface area contributed by atoms with Crippen molar-refractivity contribution in [2.45, 2.75) is 26.9 Å². The van der Waals surface area contributed by atoms with E-state index < -0.39 is 6.10 Å². The number of carbonyl (C=O) groups is 1. The Bertz CT molecular complexity index is 678. The summed E-state index contributed by atoms with van der Waals surface area (Å²) in [6.45, 7) is 5.50. The zero-order valence-electron chi connectivity index (χ0n) is 12.6. The van der Waals surface area contributed by atoms with Gasteiger partial charge < -0.3 is 10.1 Å². The minimum Gasteiger partial charge on any atom is -0.481 e. The van der Waals surface area contributed by atoms with Gasteiger partial charge in [-0.3, -0.25) is 4.79 Å². The van der Waals surface area contributed by atoms with Crippen LogP contribution < -0.4 is 10.1 Å². The predicted molar refractivity (Wildman–Crippen MR) is 91.1 cm³/mol. The Labute approximate surface area is 140 Å². The summed E-state index contributed by atoms with van der Waals surface area (Å²) in [5, 5.41) is 4.05. The Balaban J connectivity index is 2.05. The number of ether oxygens (including phenoxy) is 1. The summed E-state index contributed by atoms with van der Waals surface area (Å²) in [6, 6.07) is 10.6. The van der Waals surface area contributed by atoms with Gasteiger partial charge >= 0.3 is 0 Å². The average Bonchev–Trinajstić information content (AvgIpc) is 2.44. The van der Waals surface area contributed by atoms with Crippen LogP contribution in [0.15, 0.2) is 36.4 Å². The third-order valence-corrected chi connectivity index (χ3v) is 4.02. The van der Waals surface area contributed by atoms with Crippen molar-refractivity contribution in [3.63, 3.8) is 0 Å². The van der Waals surface area contributed by atoms with Crippen molar-refractivity contribution >= 4 is 34.8 Å². The van der Waals surface area contributed by atoms with E-state index in [9.17, 15) is 4.79 Å². The van der Waals surface area contributed by atoms with E-state index in [4.69, 9.17) is 27.9 Å². The molecule has 0 aliphatic carbocycles. The Morgan fingerprint density at radius 3 is 2.36 bits per heavy atom. The molecular formula is C17H17Cl2NO2. The summed E-state index contributed by atoms with van der Waals surface area (Å²) in [6.07, 6.45) is -0.640. The molecule has 0 saturated carbocycles. The molecule has 0 radical (unpaired) electrons. The van der Waals surface area contributed by atoms with Crippen LogP contribution in [0.1, 0.15) is 18.1 Å². The van der Waals surface area contributed by atoms with Crippen LogP contribution >= 0.6 is 23.2 Å². The van der Waals surface area contributed by atoms with Crippen LogP contribution in [0, 0.1) is 13.8 Å². The fraction of sp³-hybridized carbons (Fsp3) is 0.235. The summed E-state index contributed by atoms with van der Waals surface area (Å²) >= 11 is 12.0. The van der Waals surface area contributed by atoms with Crippen LogP contribution in [-0.4, -0.2) is 12.0 Å². The Hall–Kier alpha value is -1.71. The molecule has 1 atom stereocenters. The quantitative estimate of drug-likeness (QED) is 0.850. The third kappa shape index (κ3) is 4.15. The van der Waals surface area contributed by atoms with Crippen LogP contribution in [0.3, 0.4) is 0 Å². The third-order valence-electron chi connectivity index (χ3n) is 3.18. The zero-order chi connectivity index (χ0) is 16.3. The van der Waals surface area contributed by atoms with Gasteiger partial charge in [0.2, 0.25) is 0 Å². The number of anilines is 1. The van der Waals surface area contributed by atoms with Crippen molar-refractivity contribution in [3.8, 4) is 5.75 Å². The highest BCUT2D eigenvalue weighted by Gasteiger charge is 2.16. The first-order valence-corrected chi connectivity index (χ1v) is 7.62. The summed E-state index contributed by atoms with van der Waals surface area (Å²) in [4.78, 5) is 12.2. The number of carbonyl (C=O) groups excluding carboxylic acids is 1. The van der Waals surface area contributed by atoms with Gasteiger partial charge in [-0.2, -0.15) is 0 Å². The number of hydrogen-bond acceptors (Lipinski definition) is 2. The van der Waals surface area contributed by atoms with E-state index >= 15 is 0 Å². The van der Waals surface area contributed by atoms with Crippen LogP contribution in [-0.2, 0) is 4.79 Å². The highest BCUT2D eigenvalue weighted by Crippen LogP contribution is 2.26. The van der Waals surface area contributed by atoms with E-state index in [2.05, 4.69) is 5.32 Å². The lowest BCUT2D eigenvalue weighted by Crippen LogP contribution is -2.30. The van der Waals surface area contributed by atoms with E-state index in [1.165, 1.54) is 0 Å². The van der Waals surface area contributed by atoms with Gasteiger partial charge in [0.25, 0.3) is 5.91 Å². The molecule has 0 saturated heterocycles. The van der Waals surface area contributed by atoms with Crippen molar-refractivity contribution in [1.29, 1.82) is 0 Å². The molecule has 0 heterocycles. The molecule has 0 aliphatic rings. The van der Waals surface area contributed by atoms with Crippen LogP contribution in [0.2, 0.25) is 10.0 Å². The Morgan fingerprint density at radius 2 is 1.77 bits per heavy atom. The summed E-state index contributed by atoms with van der Waals surface area (Å²) < 4.78 is 5.69. The number of hydrogen-bond donors (Lipinski definition) is 1. The van der Waals surface area contributed by atoms with Crippen LogP contribution in [0.25, 0.3) is 0 Å². The zero-order valence-corrected chi connectivity index (χ0v) is 14.1. The van der Waals surface area contributed by atoms with Gasteiger partial charge in [-0.25, -0.2) is 0 Å². The van der Waals surface area contributed by atoms with Gasteiger partial charge in [-0.15, -0.1) is 0 Å². The molecule has 1 amide bonds. The lowest BCUT2D eigenvalue weighted by Gasteiger charge is -2.16. The van der Waals surface area contributed by atoms with Gasteiger partial charge in [0.1, 0.15) is 5.75 Å². The minimum atomic E-state index is -0.640. The summed E-state index contributed by atoms with van der Waals surface area (Å²) in [5.74, 6) is 0.376. The molecular weight excluding hydrogens is 321 g/mol. The fourth-order valence-corrected chi connectivity index (χ4v) is 2.34. The van der Waals surface area contributed by atoms with Gasteiger partial charge in [0.15, 0.2) is 6.10 Å². The first-order chi connectivity index (χ1) is 10.4. The fourth-order valence-electron chi connectivity index (χ4n) is 2.04. The highest BCUT2D eigenvalue weighted by atomic mass is 35.5. The molecule has 0 fully saturated rings. The molecule has 0 unspecified atom stereocenters. The van der Waals surface area contributed by atoms with Gasteiger partial charge in [-0.1, -0.05) is 29.3 Å². The minimum absolute atomic E-state index is 0.243. The number of halogens is 2. The van der Waals surface area contributed by atoms with Crippen molar-refractivity contribution in [3.05, 3.63) is 57.6 Å². The summed E-state index contributed by atoms with van der Waals surface area (Å²) in [7, 11) is 0. The standard InChI is InChI=1S/C17H17Cl2NO2/c1-10-7-15(8-11(2)16(10)19)22-12(3)17(21)20-14-6-4-5-13(18)9-14/h4-9,12H,1-3H3,(H,20,21)/t12-/m1/s1. The lowest BCUT2D eigenvalue weighted by atomic mass is 10.1. The van der Waals surface area contributed by atoms with Crippen LogP contribution in [0.4, 0.5) is 5.69 Å². The molecule has 3 nitrogen and oxygen atoms in total. The molecule has 2 rings (SSSR count). The molecule has 1 N–H and O–H groups in total. The van der Waals surface area contributed by atoms with Crippen molar-refractivity contribution < 1.29 is 9.53 Å². The number of rotatable bonds is 4. The molecule has 5 heteroatoms. The first kappa shape index (κ1) is 16.7. The van der Waals surface area contributed by atoms with Gasteiger partial charge in [-0.05, 0) is 62.2 Å². The Morgan fingerprint density at radius 1 is 1.14 bits per heavy atom. The lowest BCUT2D eigenvalue weighted by molar-refractivity contribution is -0.122. The number of amides is 1. The number of benzene rings is 2. The second kappa shape index (κ2) is 7.03. The first-order valence-electron chi connectivity index (χ1n) is 6.86. The number of nitrogens with one attached hydrogen (secondary N) is 1.